The van der Waals surface area contributed by atoms with Crippen molar-refractivity contribution in [3.05, 3.63) is 94.5 Å². The highest BCUT2D eigenvalue weighted by Crippen LogP contribution is 2.48. The Balaban J connectivity index is 1.17. The monoisotopic (exact) mass is 631 g/mol. The van der Waals surface area contributed by atoms with Gasteiger partial charge in [-0.1, -0.05) is 41.9 Å². The van der Waals surface area contributed by atoms with E-state index in [0.717, 1.165) is 34.1 Å². The molecule has 0 radical (unpaired) electrons. The number of carbonyl (C=O) groups excluding carboxylic acids is 3. The maximum atomic E-state index is 14.4. The Hall–Kier alpha value is -4.37. The van der Waals surface area contributed by atoms with Gasteiger partial charge in [-0.15, -0.1) is 0 Å². The van der Waals surface area contributed by atoms with E-state index in [4.69, 9.17) is 20.8 Å². The smallest absolute Gasteiger partial charge is 0.407 e. The lowest BCUT2D eigenvalue weighted by Crippen LogP contribution is -2.48. The van der Waals surface area contributed by atoms with Crippen molar-refractivity contribution in [1.82, 2.24) is 15.5 Å². The zero-order valence-electron chi connectivity index (χ0n) is 25.4. The van der Waals surface area contributed by atoms with Crippen LogP contribution in [0.1, 0.15) is 50.3 Å². The molecule has 6 rings (SSSR count). The largest absolute Gasteiger partial charge is 0.464 e. The Morgan fingerprint density at radius 2 is 1.80 bits per heavy atom. The van der Waals surface area contributed by atoms with Gasteiger partial charge in [0.15, 0.2) is 0 Å². The zero-order chi connectivity index (χ0) is 31.9. The molecule has 8 nitrogen and oxygen atoms in total. The third kappa shape index (κ3) is 6.83. The Labute approximate surface area is 265 Å². The maximum Gasteiger partial charge on any atom is 0.407 e. The molecule has 0 spiro atoms. The minimum absolute atomic E-state index is 0.00109. The van der Waals surface area contributed by atoms with Crippen LogP contribution in [0.2, 0.25) is 5.02 Å². The number of fused-ring (bicyclic) bond motifs is 2. The lowest BCUT2D eigenvalue weighted by molar-refractivity contribution is -0.139. The highest BCUT2D eigenvalue weighted by atomic mass is 35.5. The number of nitrogens with zero attached hydrogens (tertiary/aromatic N) is 1. The molecule has 3 aromatic carbocycles. The van der Waals surface area contributed by atoms with Gasteiger partial charge in [0, 0.05) is 35.6 Å². The van der Waals surface area contributed by atoms with E-state index in [9.17, 15) is 18.8 Å². The van der Waals surface area contributed by atoms with Crippen LogP contribution in [0.25, 0.3) is 22.1 Å². The maximum absolute atomic E-state index is 14.4. The van der Waals surface area contributed by atoms with E-state index >= 15 is 0 Å². The molecule has 1 aliphatic carbocycles. The second kappa shape index (κ2) is 12.2. The number of hydrogen-bond donors (Lipinski definition) is 2. The van der Waals surface area contributed by atoms with Gasteiger partial charge in [-0.25, -0.2) is 9.18 Å². The van der Waals surface area contributed by atoms with E-state index in [1.165, 1.54) is 6.07 Å². The Bertz CT molecular complexity index is 1780. The summed E-state index contributed by atoms with van der Waals surface area (Å²) in [6, 6.07) is 17.6. The van der Waals surface area contributed by atoms with Gasteiger partial charge in [0.2, 0.25) is 11.8 Å². The topological polar surface area (TPSA) is 101 Å². The molecular formula is C35H35ClFN3O5. The third-order valence-electron chi connectivity index (χ3n) is 8.22. The quantitative estimate of drug-likeness (QED) is 0.224. The zero-order valence-corrected chi connectivity index (χ0v) is 26.1. The van der Waals surface area contributed by atoms with Crippen molar-refractivity contribution in [2.75, 3.05) is 0 Å². The molecule has 234 valence electrons. The molecule has 1 saturated carbocycles. The van der Waals surface area contributed by atoms with Crippen LogP contribution in [0, 0.1) is 11.7 Å². The summed E-state index contributed by atoms with van der Waals surface area (Å²) in [7, 11) is 0. The van der Waals surface area contributed by atoms with Crippen LogP contribution in [-0.4, -0.2) is 40.5 Å². The van der Waals surface area contributed by atoms with Crippen LogP contribution in [0.5, 0.6) is 0 Å². The fraction of sp³-hybridized carbons (Fsp3) is 0.343. The number of carbonyl (C=O) groups is 3. The molecule has 45 heavy (non-hydrogen) atoms. The molecule has 10 heteroatoms. The first-order valence-electron chi connectivity index (χ1n) is 15.0. The number of nitrogens with one attached hydrogen (secondary N) is 2. The van der Waals surface area contributed by atoms with Gasteiger partial charge in [-0.05, 0) is 86.6 Å². The lowest BCUT2D eigenvalue weighted by Gasteiger charge is -2.27. The summed E-state index contributed by atoms with van der Waals surface area (Å²) in [6.45, 7) is 5.71. The highest BCUT2D eigenvalue weighted by Gasteiger charge is 2.55. The minimum Gasteiger partial charge on any atom is -0.464 e. The summed E-state index contributed by atoms with van der Waals surface area (Å²) in [4.78, 5) is 40.9. The molecule has 1 aliphatic heterocycles. The van der Waals surface area contributed by atoms with Gasteiger partial charge in [-0.3, -0.25) is 9.59 Å². The summed E-state index contributed by atoms with van der Waals surface area (Å²) in [5, 5.41) is 6.45. The van der Waals surface area contributed by atoms with Crippen LogP contribution in [-0.2, 0) is 33.8 Å². The van der Waals surface area contributed by atoms with Crippen LogP contribution in [0.15, 0.2) is 71.3 Å². The first kappa shape index (κ1) is 30.6. The molecule has 1 saturated heterocycles. The fourth-order valence-corrected chi connectivity index (χ4v) is 6.29. The molecule has 3 atom stereocenters. The molecule has 2 aliphatic rings. The summed E-state index contributed by atoms with van der Waals surface area (Å²) in [5.41, 5.74) is 3.77. The van der Waals surface area contributed by atoms with Gasteiger partial charge < -0.3 is 24.7 Å². The number of ether oxygens (including phenoxy) is 1. The molecule has 2 fully saturated rings. The number of rotatable bonds is 8. The summed E-state index contributed by atoms with van der Waals surface area (Å²) < 4.78 is 25.5. The number of furan rings is 1. The summed E-state index contributed by atoms with van der Waals surface area (Å²) in [5.74, 6) is -0.676. The third-order valence-corrected chi connectivity index (χ3v) is 8.51. The number of likely N-dealkylation sites (tertiary alicyclic amines) is 1. The average molecular weight is 632 g/mol. The van der Waals surface area contributed by atoms with Crippen molar-refractivity contribution in [3.63, 3.8) is 0 Å². The second-order valence-electron chi connectivity index (χ2n) is 12.8. The summed E-state index contributed by atoms with van der Waals surface area (Å²) in [6.07, 6.45) is 2.71. The van der Waals surface area contributed by atoms with E-state index < -0.39 is 23.6 Å². The molecule has 0 bridgehead atoms. The van der Waals surface area contributed by atoms with Crippen LogP contribution in [0.4, 0.5) is 9.18 Å². The number of halogens is 2. The number of benzene rings is 3. The second-order valence-corrected chi connectivity index (χ2v) is 13.2. The fourth-order valence-electron chi connectivity index (χ4n) is 6.10. The standard InChI is InChI=1S/C35H35ClFN3O5/c1-35(2,3)45-34(43)39-18-20-6-4-7-22(12-20)26-14-21(13-23-10-11-44-32(23)26)15-30(41)40-28-16-25(28)17-29(40)33(42)38-19-24-8-5-9-27(36)31(24)37/h4-14,25,28-29H,15-19H2,1-3H3,(H,38,42)(H,39,43)/t25-,28?,29+/m1/s1. The summed E-state index contributed by atoms with van der Waals surface area (Å²) >= 11 is 5.89. The molecule has 3 amide bonds. The highest BCUT2D eigenvalue weighted by molar-refractivity contribution is 6.30. The normalized spacial score (nSPS) is 18.9. The average Bonchev–Trinajstić information content (AvgIpc) is 3.39. The molecule has 1 unspecified atom stereocenters. The van der Waals surface area contributed by atoms with Crippen molar-refractivity contribution >= 4 is 40.5 Å². The van der Waals surface area contributed by atoms with E-state index in [1.807, 2.05) is 63.2 Å². The molecule has 2 heterocycles. The molecule has 4 aromatic rings. The van der Waals surface area contributed by atoms with Crippen LogP contribution >= 0.6 is 11.6 Å². The number of amides is 3. The van der Waals surface area contributed by atoms with Gasteiger partial charge in [0.1, 0.15) is 23.0 Å². The van der Waals surface area contributed by atoms with Crippen LogP contribution in [0.3, 0.4) is 0 Å². The SMILES string of the molecule is CC(C)(C)OC(=O)NCc1cccc(-c2cc(CC(=O)N3C4C[C@@H]4C[C@H]3C(=O)NCc3cccc(Cl)c3F)cc3ccoc23)c1. The Morgan fingerprint density at radius 3 is 2.60 bits per heavy atom. The van der Waals surface area contributed by atoms with Crippen molar-refractivity contribution in [1.29, 1.82) is 0 Å². The van der Waals surface area contributed by atoms with E-state index in [-0.39, 0.29) is 42.4 Å². The first-order chi connectivity index (χ1) is 21.5. The van der Waals surface area contributed by atoms with Gasteiger partial charge in [0.05, 0.1) is 17.7 Å². The van der Waals surface area contributed by atoms with Gasteiger partial charge >= 0.3 is 6.09 Å². The minimum atomic E-state index is -0.602. The Morgan fingerprint density at radius 1 is 1.00 bits per heavy atom. The van der Waals surface area contributed by atoms with Gasteiger partial charge in [-0.2, -0.15) is 0 Å². The van der Waals surface area contributed by atoms with E-state index in [1.54, 1.807) is 23.3 Å². The molecule has 1 aromatic heterocycles. The van der Waals surface area contributed by atoms with Crippen molar-refractivity contribution in [3.8, 4) is 11.1 Å². The number of alkyl carbamates (subject to hydrolysis) is 1. The van der Waals surface area contributed by atoms with Crippen molar-refractivity contribution in [2.24, 2.45) is 5.92 Å². The molecule has 2 N–H and O–H groups in total. The number of piperidine rings is 1. The Kier molecular flexibility index (Phi) is 8.31. The van der Waals surface area contributed by atoms with Gasteiger partial charge in [0.25, 0.3) is 0 Å². The van der Waals surface area contributed by atoms with Crippen LogP contribution < -0.4 is 10.6 Å². The first-order valence-corrected chi connectivity index (χ1v) is 15.4. The van der Waals surface area contributed by atoms with E-state index in [0.29, 0.717) is 23.5 Å². The van der Waals surface area contributed by atoms with Crippen molar-refractivity contribution in [2.45, 2.75) is 70.8 Å². The lowest BCUT2D eigenvalue weighted by atomic mass is 9.97. The predicted molar refractivity (Wildman–Crippen MR) is 169 cm³/mol. The number of hydrogen-bond acceptors (Lipinski definition) is 5. The predicted octanol–water partition coefficient (Wildman–Crippen LogP) is 6.77. The van der Waals surface area contributed by atoms with Crippen molar-refractivity contribution < 1.29 is 27.9 Å². The molecular weight excluding hydrogens is 597 g/mol. The van der Waals surface area contributed by atoms with E-state index in [2.05, 4.69) is 10.6 Å².